The summed E-state index contributed by atoms with van der Waals surface area (Å²) in [5.41, 5.74) is 6.73. The number of unbranched alkanes of at least 4 members (excludes halogenated alkanes) is 2. The Labute approximate surface area is 146 Å². The largest absolute Gasteiger partial charge is 0.463 e. The molecular weight excluding hydrogens is 322 g/mol. The van der Waals surface area contributed by atoms with Crippen LogP contribution >= 0.6 is 0 Å². The van der Waals surface area contributed by atoms with Crippen molar-refractivity contribution >= 4 is 17.0 Å². The normalized spacial score (nSPS) is 17.4. The molecule has 1 aliphatic heterocycles. The van der Waals surface area contributed by atoms with Gasteiger partial charge in [-0.1, -0.05) is 13.3 Å². The van der Waals surface area contributed by atoms with Crippen LogP contribution in [0.15, 0.2) is 4.79 Å². The summed E-state index contributed by atoms with van der Waals surface area (Å²) in [6.07, 6.45) is 7.59. The second-order valence-corrected chi connectivity index (χ2v) is 6.50. The molecule has 3 heterocycles. The van der Waals surface area contributed by atoms with E-state index in [2.05, 4.69) is 21.9 Å². The van der Waals surface area contributed by atoms with E-state index in [1.165, 1.54) is 0 Å². The molecular formula is C17H27N5O3. The fraction of sp³-hybridized carbons (Fsp3) is 0.706. The summed E-state index contributed by atoms with van der Waals surface area (Å²) in [5, 5.41) is 0. The van der Waals surface area contributed by atoms with Gasteiger partial charge in [-0.2, -0.15) is 9.97 Å². The van der Waals surface area contributed by atoms with Crippen molar-refractivity contribution in [2.45, 2.75) is 64.5 Å². The van der Waals surface area contributed by atoms with Crippen molar-refractivity contribution in [2.75, 3.05) is 18.9 Å². The number of hydrogen-bond acceptors (Lipinski definition) is 6. The molecule has 2 aromatic rings. The third-order valence-electron chi connectivity index (χ3n) is 4.54. The van der Waals surface area contributed by atoms with Crippen molar-refractivity contribution in [1.29, 1.82) is 0 Å². The van der Waals surface area contributed by atoms with Gasteiger partial charge in [0.1, 0.15) is 5.52 Å². The molecule has 0 aliphatic carbocycles. The molecule has 1 saturated heterocycles. The molecule has 0 aromatic carbocycles. The van der Waals surface area contributed by atoms with Crippen LogP contribution in [-0.4, -0.2) is 38.8 Å². The molecule has 1 atom stereocenters. The first-order valence-electron chi connectivity index (χ1n) is 9.19. The highest BCUT2D eigenvalue weighted by molar-refractivity contribution is 5.81. The summed E-state index contributed by atoms with van der Waals surface area (Å²) in [7, 11) is 0. The van der Waals surface area contributed by atoms with E-state index in [1.807, 2.05) is 0 Å². The van der Waals surface area contributed by atoms with Gasteiger partial charge in [0, 0.05) is 13.2 Å². The van der Waals surface area contributed by atoms with Crippen LogP contribution in [0.1, 0.15) is 51.9 Å². The minimum Gasteiger partial charge on any atom is -0.463 e. The van der Waals surface area contributed by atoms with Crippen LogP contribution < -0.4 is 16.2 Å². The van der Waals surface area contributed by atoms with Gasteiger partial charge >= 0.3 is 11.7 Å². The number of ether oxygens (including phenoxy) is 2. The van der Waals surface area contributed by atoms with E-state index < -0.39 is 0 Å². The number of nitrogen functional groups attached to an aromatic ring is 1. The van der Waals surface area contributed by atoms with E-state index in [1.54, 1.807) is 4.57 Å². The average Bonchev–Trinajstić information content (AvgIpc) is 3.21. The predicted molar refractivity (Wildman–Crippen MR) is 95.8 cm³/mol. The smallest absolute Gasteiger partial charge is 0.327 e. The van der Waals surface area contributed by atoms with Crippen molar-refractivity contribution in [3.8, 4) is 6.01 Å². The maximum atomic E-state index is 12.2. The third-order valence-corrected chi connectivity index (χ3v) is 4.54. The van der Waals surface area contributed by atoms with Crippen LogP contribution in [0, 0.1) is 0 Å². The Balaban J connectivity index is 1.67. The van der Waals surface area contributed by atoms with Gasteiger partial charge in [-0.15, -0.1) is 0 Å². The van der Waals surface area contributed by atoms with Crippen LogP contribution in [0.4, 0.5) is 5.82 Å². The monoisotopic (exact) mass is 349 g/mol. The number of rotatable bonds is 9. The van der Waals surface area contributed by atoms with Gasteiger partial charge in [0.05, 0.1) is 12.7 Å². The molecule has 0 saturated carbocycles. The van der Waals surface area contributed by atoms with E-state index in [4.69, 9.17) is 15.2 Å². The Kier molecular flexibility index (Phi) is 5.91. The van der Waals surface area contributed by atoms with Gasteiger partial charge in [-0.05, 0) is 38.5 Å². The van der Waals surface area contributed by atoms with Gasteiger partial charge in [0.25, 0.3) is 0 Å². The van der Waals surface area contributed by atoms with E-state index >= 15 is 0 Å². The zero-order valence-electron chi connectivity index (χ0n) is 14.8. The topological polar surface area (TPSA) is 108 Å². The van der Waals surface area contributed by atoms with Crippen LogP contribution in [0.25, 0.3) is 11.2 Å². The Bertz CT molecular complexity index is 749. The quantitative estimate of drug-likeness (QED) is 0.672. The summed E-state index contributed by atoms with van der Waals surface area (Å²) >= 11 is 0. The maximum absolute atomic E-state index is 12.2. The molecule has 1 unspecified atom stereocenters. The molecule has 8 nitrogen and oxygen atoms in total. The molecule has 25 heavy (non-hydrogen) atoms. The lowest BCUT2D eigenvalue weighted by Gasteiger charge is -2.09. The van der Waals surface area contributed by atoms with Crippen LogP contribution in [0.3, 0.4) is 0 Å². The molecule has 3 N–H and O–H groups in total. The molecule has 1 aliphatic rings. The Morgan fingerprint density at radius 3 is 3.00 bits per heavy atom. The first kappa shape index (κ1) is 17.7. The van der Waals surface area contributed by atoms with E-state index in [0.29, 0.717) is 30.4 Å². The number of nitrogens with two attached hydrogens (primary N) is 1. The van der Waals surface area contributed by atoms with Gasteiger partial charge in [0.2, 0.25) is 0 Å². The first-order valence-corrected chi connectivity index (χ1v) is 9.19. The number of H-pyrrole nitrogens is 1. The van der Waals surface area contributed by atoms with E-state index in [-0.39, 0.29) is 17.5 Å². The lowest BCUT2D eigenvalue weighted by molar-refractivity contribution is 0.102. The molecule has 0 bridgehead atoms. The van der Waals surface area contributed by atoms with Gasteiger partial charge < -0.3 is 20.2 Å². The third kappa shape index (κ3) is 4.31. The van der Waals surface area contributed by atoms with Gasteiger partial charge in [-0.25, -0.2) is 4.79 Å². The van der Waals surface area contributed by atoms with Gasteiger partial charge in [0.15, 0.2) is 11.5 Å². The number of fused-ring (bicyclic) bond motifs is 1. The SMILES string of the molecule is CCCCOc1nc(N)c2[nH]c(=O)n(CCCCC3CCCO3)c2n1. The molecule has 138 valence electrons. The minimum atomic E-state index is -0.209. The Hall–Kier alpha value is -2.09. The Morgan fingerprint density at radius 1 is 1.36 bits per heavy atom. The molecule has 0 amide bonds. The summed E-state index contributed by atoms with van der Waals surface area (Å²) in [4.78, 5) is 23.5. The number of aryl methyl sites for hydroxylation is 1. The number of nitrogens with one attached hydrogen (secondary N) is 1. The van der Waals surface area contributed by atoms with Crippen molar-refractivity contribution < 1.29 is 9.47 Å². The predicted octanol–water partition coefficient (Wildman–Crippen LogP) is 2.23. The highest BCUT2D eigenvalue weighted by atomic mass is 16.5. The second-order valence-electron chi connectivity index (χ2n) is 6.50. The fourth-order valence-corrected chi connectivity index (χ4v) is 3.12. The number of imidazole rings is 1. The number of aromatic nitrogens is 4. The number of hydrogen-bond donors (Lipinski definition) is 2. The number of nitrogens with zero attached hydrogens (tertiary/aromatic N) is 3. The zero-order chi connectivity index (χ0) is 17.6. The lowest BCUT2D eigenvalue weighted by Crippen LogP contribution is -2.17. The fourth-order valence-electron chi connectivity index (χ4n) is 3.12. The van der Waals surface area contributed by atoms with E-state index in [9.17, 15) is 4.79 Å². The second kappa shape index (κ2) is 8.33. The van der Waals surface area contributed by atoms with E-state index in [0.717, 1.165) is 51.6 Å². The lowest BCUT2D eigenvalue weighted by atomic mass is 10.1. The molecule has 2 aromatic heterocycles. The van der Waals surface area contributed by atoms with Crippen LogP contribution in [0.2, 0.25) is 0 Å². The Morgan fingerprint density at radius 2 is 2.24 bits per heavy atom. The standard InChI is InChI=1S/C17H27N5O3/c1-2-3-10-25-16-20-14(18)13-15(21-16)22(17(23)19-13)9-5-4-7-12-8-6-11-24-12/h12H,2-11H2,1H3,(H,19,23)(H2,18,20,21). The average molecular weight is 349 g/mol. The molecule has 1 fully saturated rings. The maximum Gasteiger partial charge on any atom is 0.327 e. The van der Waals surface area contributed by atoms with Crippen molar-refractivity contribution in [3.05, 3.63) is 10.5 Å². The highest BCUT2D eigenvalue weighted by Gasteiger charge is 2.16. The van der Waals surface area contributed by atoms with Crippen molar-refractivity contribution in [3.63, 3.8) is 0 Å². The van der Waals surface area contributed by atoms with Crippen LogP contribution in [-0.2, 0) is 11.3 Å². The molecule has 8 heteroatoms. The number of anilines is 1. The molecule has 0 spiro atoms. The highest BCUT2D eigenvalue weighted by Crippen LogP contribution is 2.20. The van der Waals surface area contributed by atoms with Gasteiger partial charge in [-0.3, -0.25) is 4.57 Å². The van der Waals surface area contributed by atoms with Crippen molar-refractivity contribution in [1.82, 2.24) is 19.5 Å². The summed E-state index contributed by atoms with van der Waals surface area (Å²) in [6, 6.07) is 0.227. The summed E-state index contributed by atoms with van der Waals surface area (Å²) in [5.74, 6) is 0.242. The van der Waals surface area contributed by atoms with Crippen LogP contribution in [0.5, 0.6) is 6.01 Å². The number of aromatic amines is 1. The first-order chi connectivity index (χ1) is 12.2. The zero-order valence-corrected chi connectivity index (χ0v) is 14.8. The van der Waals surface area contributed by atoms with Crippen molar-refractivity contribution in [2.24, 2.45) is 0 Å². The minimum absolute atomic E-state index is 0.209. The molecule has 3 rings (SSSR count). The summed E-state index contributed by atoms with van der Waals surface area (Å²) < 4.78 is 12.8. The summed E-state index contributed by atoms with van der Waals surface area (Å²) in [6.45, 7) is 4.10. The molecule has 0 radical (unpaired) electrons.